The molecule has 0 amide bonds. The zero-order chi connectivity index (χ0) is 16.2. The molecule has 1 aromatic rings. The smallest absolute Gasteiger partial charge is 0.338 e. The predicted octanol–water partition coefficient (Wildman–Crippen LogP) is 4.38. The SMILES string of the molecule is CCCCCOC(=O)c1cccc(C(=O)OCCCCC)c1. The number of carbonyl (C=O) groups is 2. The van der Waals surface area contributed by atoms with Crippen LogP contribution < -0.4 is 0 Å². The third kappa shape index (κ3) is 6.74. The summed E-state index contributed by atoms with van der Waals surface area (Å²) in [6, 6.07) is 6.50. The van der Waals surface area contributed by atoms with Gasteiger partial charge in [-0.2, -0.15) is 0 Å². The van der Waals surface area contributed by atoms with Crippen LogP contribution in [-0.4, -0.2) is 25.2 Å². The van der Waals surface area contributed by atoms with Gasteiger partial charge in [0, 0.05) is 0 Å². The van der Waals surface area contributed by atoms with E-state index in [0.29, 0.717) is 24.3 Å². The fraction of sp³-hybridized carbons (Fsp3) is 0.556. The van der Waals surface area contributed by atoms with Gasteiger partial charge >= 0.3 is 11.9 Å². The van der Waals surface area contributed by atoms with Crippen LogP contribution in [-0.2, 0) is 9.47 Å². The summed E-state index contributed by atoms with van der Waals surface area (Å²) < 4.78 is 10.4. The first-order valence-electron chi connectivity index (χ1n) is 8.13. The Hall–Kier alpha value is -1.84. The second-order valence-electron chi connectivity index (χ2n) is 5.27. The van der Waals surface area contributed by atoms with Crippen LogP contribution in [0.5, 0.6) is 0 Å². The predicted molar refractivity (Wildman–Crippen MR) is 86.1 cm³/mol. The van der Waals surface area contributed by atoms with E-state index in [4.69, 9.17) is 9.47 Å². The summed E-state index contributed by atoms with van der Waals surface area (Å²) in [7, 11) is 0. The second-order valence-corrected chi connectivity index (χ2v) is 5.27. The van der Waals surface area contributed by atoms with E-state index in [9.17, 15) is 9.59 Å². The summed E-state index contributed by atoms with van der Waals surface area (Å²) in [5.41, 5.74) is 0.777. The van der Waals surface area contributed by atoms with E-state index in [1.54, 1.807) is 18.2 Å². The Morgan fingerprint density at radius 2 is 1.27 bits per heavy atom. The van der Waals surface area contributed by atoms with E-state index in [0.717, 1.165) is 38.5 Å². The van der Waals surface area contributed by atoms with Crippen LogP contribution in [0.4, 0.5) is 0 Å². The lowest BCUT2D eigenvalue weighted by molar-refractivity contribution is 0.0496. The van der Waals surface area contributed by atoms with Crippen LogP contribution in [0.1, 0.15) is 73.1 Å². The fourth-order valence-electron chi connectivity index (χ4n) is 1.97. The normalized spacial score (nSPS) is 10.3. The number of esters is 2. The van der Waals surface area contributed by atoms with E-state index in [-0.39, 0.29) is 0 Å². The molecule has 1 rings (SSSR count). The molecule has 0 aliphatic heterocycles. The molecule has 0 aliphatic rings. The first kappa shape index (κ1) is 18.2. The monoisotopic (exact) mass is 306 g/mol. The van der Waals surface area contributed by atoms with Gasteiger partial charge < -0.3 is 9.47 Å². The highest BCUT2D eigenvalue weighted by atomic mass is 16.5. The molecule has 122 valence electrons. The Labute approximate surface area is 132 Å². The van der Waals surface area contributed by atoms with Gasteiger partial charge in [-0.1, -0.05) is 45.6 Å². The molecule has 0 radical (unpaired) electrons. The van der Waals surface area contributed by atoms with E-state index in [1.165, 1.54) is 6.07 Å². The lowest BCUT2D eigenvalue weighted by atomic mass is 10.1. The molecule has 0 saturated heterocycles. The highest BCUT2D eigenvalue weighted by Gasteiger charge is 2.12. The van der Waals surface area contributed by atoms with Gasteiger partial charge in [-0.25, -0.2) is 9.59 Å². The van der Waals surface area contributed by atoms with Crippen molar-refractivity contribution in [2.75, 3.05) is 13.2 Å². The Morgan fingerprint density at radius 1 is 0.818 bits per heavy atom. The van der Waals surface area contributed by atoms with Gasteiger partial charge in [-0.05, 0) is 31.0 Å². The Morgan fingerprint density at radius 3 is 1.68 bits per heavy atom. The van der Waals surface area contributed by atoms with Crippen LogP contribution in [0.25, 0.3) is 0 Å². The van der Waals surface area contributed by atoms with Crippen molar-refractivity contribution in [3.05, 3.63) is 35.4 Å². The second kappa shape index (κ2) is 10.8. The standard InChI is InChI=1S/C18H26O4/c1-3-5-7-12-21-17(19)15-10-9-11-16(14-15)18(20)22-13-8-6-4-2/h9-11,14H,3-8,12-13H2,1-2H3. The number of rotatable bonds is 10. The quantitative estimate of drug-likeness (QED) is 0.475. The van der Waals surface area contributed by atoms with Crippen molar-refractivity contribution >= 4 is 11.9 Å². The van der Waals surface area contributed by atoms with Crippen LogP contribution in [0, 0.1) is 0 Å². The zero-order valence-corrected chi connectivity index (χ0v) is 13.6. The molecule has 0 fully saturated rings. The first-order chi connectivity index (χ1) is 10.7. The van der Waals surface area contributed by atoms with E-state index < -0.39 is 11.9 Å². The van der Waals surface area contributed by atoms with Gasteiger partial charge in [-0.15, -0.1) is 0 Å². The molecule has 0 bridgehead atoms. The summed E-state index contributed by atoms with van der Waals surface area (Å²) in [5.74, 6) is -0.784. The van der Waals surface area contributed by atoms with E-state index >= 15 is 0 Å². The Bertz CT molecular complexity index is 429. The number of ether oxygens (including phenoxy) is 2. The molecule has 4 nitrogen and oxygen atoms in total. The highest BCUT2D eigenvalue weighted by molar-refractivity contribution is 5.95. The molecule has 0 atom stereocenters. The first-order valence-corrected chi connectivity index (χ1v) is 8.13. The van der Waals surface area contributed by atoms with Crippen molar-refractivity contribution in [1.82, 2.24) is 0 Å². The van der Waals surface area contributed by atoms with Gasteiger partial charge in [0.15, 0.2) is 0 Å². The molecule has 0 N–H and O–H groups in total. The molecule has 0 heterocycles. The van der Waals surface area contributed by atoms with Crippen molar-refractivity contribution < 1.29 is 19.1 Å². The largest absolute Gasteiger partial charge is 0.462 e. The van der Waals surface area contributed by atoms with Gasteiger partial charge in [0.05, 0.1) is 24.3 Å². The zero-order valence-electron chi connectivity index (χ0n) is 13.6. The van der Waals surface area contributed by atoms with E-state index in [2.05, 4.69) is 13.8 Å². The third-order valence-electron chi connectivity index (χ3n) is 3.30. The number of hydrogen-bond donors (Lipinski definition) is 0. The summed E-state index contributed by atoms with van der Waals surface area (Å²) in [5, 5.41) is 0. The van der Waals surface area contributed by atoms with Gasteiger partial charge in [0.25, 0.3) is 0 Å². The lowest BCUT2D eigenvalue weighted by Gasteiger charge is -2.07. The van der Waals surface area contributed by atoms with Crippen LogP contribution in [0.3, 0.4) is 0 Å². The third-order valence-corrected chi connectivity index (χ3v) is 3.30. The van der Waals surface area contributed by atoms with E-state index in [1.807, 2.05) is 0 Å². The number of carbonyl (C=O) groups excluding carboxylic acids is 2. The Kier molecular flexibility index (Phi) is 8.96. The Balaban J connectivity index is 2.50. The minimum atomic E-state index is -0.392. The maximum atomic E-state index is 11.9. The molecule has 0 saturated carbocycles. The van der Waals surface area contributed by atoms with Crippen LogP contribution in [0.2, 0.25) is 0 Å². The maximum absolute atomic E-state index is 11.9. The molecule has 1 aromatic carbocycles. The molecular weight excluding hydrogens is 280 g/mol. The van der Waals surface area contributed by atoms with Crippen molar-refractivity contribution in [2.24, 2.45) is 0 Å². The molecule has 22 heavy (non-hydrogen) atoms. The summed E-state index contributed by atoms with van der Waals surface area (Å²) in [6.45, 7) is 5.02. The average Bonchev–Trinajstić information content (AvgIpc) is 2.55. The molecule has 0 spiro atoms. The number of unbranched alkanes of at least 4 members (excludes halogenated alkanes) is 4. The van der Waals surface area contributed by atoms with Crippen molar-refractivity contribution in [3.8, 4) is 0 Å². The summed E-state index contributed by atoms with van der Waals surface area (Å²) in [6.07, 6.45) is 5.96. The summed E-state index contributed by atoms with van der Waals surface area (Å²) in [4.78, 5) is 23.8. The van der Waals surface area contributed by atoms with Crippen molar-refractivity contribution in [1.29, 1.82) is 0 Å². The van der Waals surface area contributed by atoms with Gasteiger partial charge in [0.2, 0.25) is 0 Å². The van der Waals surface area contributed by atoms with Crippen LogP contribution in [0.15, 0.2) is 24.3 Å². The summed E-state index contributed by atoms with van der Waals surface area (Å²) >= 11 is 0. The average molecular weight is 306 g/mol. The molecular formula is C18H26O4. The molecule has 0 unspecified atom stereocenters. The molecule has 0 aliphatic carbocycles. The van der Waals surface area contributed by atoms with Crippen LogP contribution >= 0.6 is 0 Å². The fourth-order valence-corrected chi connectivity index (χ4v) is 1.97. The topological polar surface area (TPSA) is 52.6 Å². The van der Waals surface area contributed by atoms with Crippen molar-refractivity contribution in [3.63, 3.8) is 0 Å². The van der Waals surface area contributed by atoms with Gasteiger partial charge in [0.1, 0.15) is 0 Å². The lowest BCUT2D eigenvalue weighted by Crippen LogP contribution is -2.10. The minimum absolute atomic E-state index is 0.388. The number of benzene rings is 1. The minimum Gasteiger partial charge on any atom is -0.462 e. The molecule has 4 heteroatoms. The highest BCUT2D eigenvalue weighted by Crippen LogP contribution is 2.09. The maximum Gasteiger partial charge on any atom is 0.338 e. The van der Waals surface area contributed by atoms with Crippen molar-refractivity contribution in [2.45, 2.75) is 52.4 Å². The molecule has 0 aromatic heterocycles. The van der Waals surface area contributed by atoms with Gasteiger partial charge in [-0.3, -0.25) is 0 Å². The number of hydrogen-bond acceptors (Lipinski definition) is 4.